The van der Waals surface area contributed by atoms with Crippen LogP contribution in [0, 0.1) is 0 Å². The van der Waals surface area contributed by atoms with Gasteiger partial charge in [-0.25, -0.2) is 0 Å². The van der Waals surface area contributed by atoms with Gasteiger partial charge in [-0.15, -0.1) is 0 Å². The van der Waals surface area contributed by atoms with Gasteiger partial charge in [0.25, 0.3) is 0 Å². The Morgan fingerprint density at radius 1 is 0.824 bits per heavy atom. The molecule has 0 spiro atoms. The predicted octanol–water partition coefficient (Wildman–Crippen LogP) is 2.21. The summed E-state index contributed by atoms with van der Waals surface area (Å²) in [6, 6.07) is 10.0. The monoisotopic (exact) mass is 236 g/mol. The van der Waals surface area contributed by atoms with Crippen molar-refractivity contribution in [2.24, 2.45) is 0 Å². The summed E-state index contributed by atoms with van der Waals surface area (Å²) >= 11 is 0. The number of hydrogen-bond acceptors (Lipinski definition) is 4. The van der Waals surface area contributed by atoms with Gasteiger partial charge in [0.1, 0.15) is 0 Å². The molecule has 4 heteroatoms. The fourth-order valence-electron chi connectivity index (χ4n) is 2.23. The number of hydrogen-bond donors (Lipinski definition) is 0. The van der Waals surface area contributed by atoms with Crippen molar-refractivity contribution < 1.29 is 18.9 Å². The molecule has 1 aromatic carbocycles. The van der Waals surface area contributed by atoms with Crippen LogP contribution < -0.4 is 0 Å². The van der Waals surface area contributed by atoms with Crippen molar-refractivity contribution in [3.63, 3.8) is 0 Å². The lowest BCUT2D eigenvalue weighted by molar-refractivity contribution is -0.439. The number of ether oxygens (including phenoxy) is 4. The van der Waals surface area contributed by atoms with Crippen LogP contribution in [-0.4, -0.2) is 25.2 Å². The summed E-state index contributed by atoms with van der Waals surface area (Å²) in [7, 11) is 0. The Balaban J connectivity index is 1.77. The van der Waals surface area contributed by atoms with Crippen molar-refractivity contribution in [2.45, 2.75) is 44.9 Å². The Morgan fingerprint density at radius 3 is 1.71 bits per heavy atom. The molecule has 92 valence electrons. The Labute approximate surface area is 100 Å². The summed E-state index contributed by atoms with van der Waals surface area (Å²) in [5.74, 6) is -0.0244. The summed E-state index contributed by atoms with van der Waals surface area (Å²) in [4.78, 5) is 0. The van der Waals surface area contributed by atoms with Gasteiger partial charge in [0.2, 0.25) is 0 Å². The average molecular weight is 236 g/mol. The second-order valence-corrected chi connectivity index (χ2v) is 4.35. The molecular weight excluding hydrogens is 220 g/mol. The van der Waals surface area contributed by atoms with E-state index in [2.05, 4.69) is 0 Å². The van der Waals surface area contributed by atoms with Crippen LogP contribution in [0.3, 0.4) is 0 Å². The van der Waals surface area contributed by atoms with Crippen molar-refractivity contribution in [1.29, 1.82) is 0 Å². The zero-order valence-electron chi connectivity index (χ0n) is 9.91. The van der Waals surface area contributed by atoms with Crippen LogP contribution >= 0.6 is 0 Å². The molecule has 0 amide bonds. The van der Waals surface area contributed by atoms with Gasteiger partial charge in [0.15, 0.2) is 25.2 Å². The van der Waals surface area contributed by atoms with Crippen molar-refractivity contribution in [1.82, 2.24) is 0 Å². The van der Waals surface area contributed by atoms with Gasteiger partial charge in [-0.3, -0.25) is 0 Å². The molecule has 4 nitrogen and oxygen atoms in total. The highest BCUT2D eigenvalue weighted by Gasteiger charge is 2.45. The summed E-state index contributed by atoms with van der Waals surface area (Å²) in [6.45, 7) is 3.76. The molecule has 0 aliphatic carbocycles. The first kappa shape index (κ1) is 11.2. The van der Waals surface area contributed by atoms with E-state index in [4.69, 9.17) is 18.9 Å². The van der Waals surface area contributed by atoms with E-state index in [-0.39, 0.29) is 31.1 Å². The molecule has 0 radical (unpaired) electrons. The van der Waals surface area contributed by atoms with Crippen LogP contribution in [0.4, 0.5) is 0 Å². The minimum absolute atomic E-state index is 0.0244. The molecule has 0 saturated carbocycles. The van der Waals surface area contributed by atoms with E-state index in [1.165, 1.54) is 0 Å². The Bertz CT molecular complexity index is 350. The van der Waals surface area contributed by atoms with E-state index in [0.717, 1.165) is 5.56 Å². The maximum atomic E-state index is 5.57. The standard InChI is InChI=1S/C13H16O4/c1-8-14-12(15-8)11(13-16-9(2)17-13)10-6-4-3-5-7-10/h3-9,11-13H,1-2H3. The SMILES string of the molecule is CC1OC(C(c2ccccc2)C2OC(C)O2)O1. The summed E-state index contributed by atoms with van der Waals surface area (Å²) in [5.41, 5.74) is 1.11. The maximum Gasteiger partial charge on any atom is 0.175 e. The third kappa shape index (κ3) is 2.09. The van der Waals surface area contributed by atoms with E-state index in [9.17, 15) is 0 Å². The molecule has 1 aromatic rings. The predicted molar refractivity (Wildman–Crippen MR) is 60.0 cm³/mol. The summed E-state index contributed by atoms with van der Waals surface area (Å²) in [6.07, 6.45) is -0.817. The highest BCUT2D eigenvalue weighted by atomic mass is 16.9. The number of benzene rings is 1. The van der Waals surface area contributed by atoms with Crippen molar-refractivity contribution in [3.05, 3.63) is 35.9 Å². The molecule has 3 rings (SSSR count). The van der Waals surface area contributed by atoms with Gasteiger partial charge in [-0.1, -0.05) is 30.3 Å². The van der Waals surface area contributed by atoms with Crippen LogP contribution in [0.2, 0.25) is 0 Å². The lowest BCUT2D eigenvalue weighted by Gasteiger charge is -2.46. The first-order chi connectivity index (χ1) is 8.24. The van der Waals surface area contributed by atoms with Crippen LogP contribution in [0.25, 0.3) is 0 Å². The van der Waals surface area contributed by atoms with Crippen LogP contribution in [0.15, 0.2) is 30.3 Å². The lowest BCUT2D eigenvalue weighted by atomic mass is 9.96. The molecule has 17 heavy (non-hydrogen) atoms. The molecule has 2 heterocycles. The normalized spacial score (nSPS) is 38.0. The van der Waals surface area contributed by atoms with Crippen LogP contribution in [0.5, 0.6) is 0 Å². The zero-order chi connectivity index (χ0) is 11.8. The molecule has 0 atom stereocenters. The van der Waals surface area contributed by atoms with Crippen LogP contribution in [-0.2, 0) is 18.9 Å². The molecule has 0 bridgehead atoms. The third-order valence-corrected chi connectivity index (χ3v) is 3.07. The van der Waals surface area contributed by atoms with E-state index < -0.39 is 0 Å². The topological polar surface area (TPSA) is 36.9 Å². The minimum atomic E-state index is -0.273. The van der Waals surface area contributed by atoms with Crippen molar-refractivity contribution >= 4 is 0 Å². The molecule has 2 fully saturated rings. The van der Waals surface area contributed by atoms with Crippen molar-refractivity contribution in [2.75, 3.05) is 0 Å². The summed E-state index contributed by atoms with van der Waals surface area (Å²) in [5, 5.41) is 0. The third-order valence-electron chi connectivity index (χ3n) is 3.07. The molecule has 0 N–H and O–H groups in total. The van der Waals surface area contributed by atoms with Gasteiger partial charge in [0.05, 0.1) is 5.92 Å². The highest BCUT2D eigenvalue weighted by molar-refractivity contribution is 5.21. The van der Waals surface area contributed by atoms with E-state index in [1.54, 1.807) is 0 Å². The summed E-state index contributed by atoms with van der Waals surface area (Å²) < 4.78 is 22.3. The smallest absolute Gasteiger partial charge is 0.175 e. The average Bonchev–Trinajstić information content (AvgIpc) is 2.26. The highest BCUT2D eigenvalue weighted by Crippen LogP contribution is 2.39. The molecule has 2 aliphatic rings. The molecular formula is C13H16O4. The molecule has 0 unspecified atom stereocenters. The second-order valence-electron chi connectivity index (χ2n) is 4.35. The Hall–Kier alpha value is -0.940. The largest absolute Gasteiger partial charge is 0.323 e. The zero-order valence-corrected chi connectivity index (χ0v) is 9.91. The lowest BCUT2D eigenvalue weighted by Crippen LogP contribution is -2.52. The van der Waals surface area contributed by atoms with Crippen LogP contribution in [0.1, 0.15) is 25.3 Å². The minimum Gasteiger partial charge on any atom is -0.323 e. The Morgan fingerprint density at radius 2 is 1.29 bits per heavy atom. The molecule has 2 aliphatic heterocycles. The molecule has 0 aromatic heterocycles. The quantitative estimate of drug-likeness (QED) is 0.806. The van der Waals surface area contributed by atoms with Gasteiger partial charge < -0.3 is 18.9 Å². The van der Waals surface area contributed by atoms with Gasteiger partial charge in [0, 0.05) is 0 Å². The second kappa shape index (κ2) is 4.38. The Kier molecular flexibility index (Phi) is 2.88. The first-order valence-electron chi connectivity index (χ1n) is 5.91. The van der Waals surface area contributed by atoms with E-state index in [1.807, 2.05) is 44.2 Å². The fourth-order valence-corrected chi connectivity index (χ4v) is 2.23. The van der Waals surface area contributed by atoms with Gasteiger partial charge >= 0.3 is 0 Å². The van der Waals surface area contributed by atoms with Gasteiger partial charge in [-0.05, 0) is 19.4 Å². The first-order valence-corrected chi connectivity index (χ1v) is 5.91. The van der Waals surface area contributed by atoms with Gasteiger partial charge in [-0.2, -0.15) is 0 Å². The van der Waals surface area contributed by atoms with Crippen molar-refractivity contribution in [3.8, 4) is 0 Å². The maximum absolute atomic E-state index is 5.57. The molecule has 2 saturated heterocycles. The fraction of sp³-hybridized carbons (Fsp3) is 0.538. The number of rotatable bonds is 3. The van der Waals surface area contributed by atoms with E-state index in [0.29, 0.717) is 0 Å². The van der Waals surface area contributed by atoms with E-state index >= 15 is 0 Å².